The van der Waals surface area contributed by atoms with E-state index in [0.29, 0.717) is 17.4 Å². The van der Waals surface area contributed by atoms with Crippen LogP contribution in [0.5, 0.6) is 0 Å². The first-order valence-corrected chi connectivity index (χ1v) is 7.34. The summed E-state index contributed by atoms with van der Waals surface area (Å²) in [5.74, 6) is 1.37. The molecule has 1 saturated heterocycles. The first-order valence-electron chi connectivity index (χ1n) is 7.34. The van der Waals surface area contributed by atoms with Crippen LogP contribution in [-0.4, -0.2) is 22.9 Å². The zero-order valence-corrected chi connectivity index (χ0v) is 11.3. The number of aromatic nitrogens is 2. The van der Waals surface area contributed by atoms with Gasteiger partial charge >= 0.3 is 0 Å². The lowest BCUT2D eigenvalue weighted by Gasteiger charge is -2.23. The van der Waals surface area contributed by atoms with Crippen LogP contribution in [0.25, 0.3) is 0 Å². The van der Waals surface area contributed by atoms with Gasteiger partial charge in [0.2, 0.25) is 0 Å². The molecule has 2 heterocycles. The van der Waals surface area contributed by atoms with Crippen molar-refractivity contribution in [3.63, 3.8) is 0 Å². The summed E-state index contributed by atoms with van der Waals surface area (Å²) in [7, 11) is 0. The number of rotatable bonds is 2. The molecular formula is C14H21N5. The molecule has 1 aliphatic heterocycles. The lowest BCUT2D eigenvalue weighted by atomic mass is 9.96. The van der Waals surface area contributed by atoms with Crippen LogP contribution in [0, 0.1) is 11.3 Å². The highest BCUT2D eigenvalue weighted by molar-refractivity contribution is 5.65. The summed E-state index contributed by atoms with van der Waals surface area (Å²) in [5, 5.41) is 14.0. The maximum atomic E-state index is 9.36. The monoisotopic (exact) mass is 259 g/mol. The Hall–Kier alpha value is -1.70. The van der Waals surface area contributed by atoms with Gasteiger partial charge in [0, 0.05) is 13.1 Å². The molecule has 0 aromatic carbocycles. The molecule has 0 unspecified atom stereocenters. The summed E-state index contributed by atoms with van der Waals surface area (Å²) >= 11 is 0. The molecule has 0 spiro atoms. The molecule has 19 heavy (non-hydrogen) atoms. The normalized spacial score (nSPS) is 20.7. The molecule has 3 rings (SSSR count). The van der Waals surface area contributed by atoms with Crippen molar-refractivity contribution in [2.24, 2.45) is 0 Å². The zero-order chi connectivity index (χ0) is 13.2. The van der Waals surface area contributed by atoms with Crippen LogP contribution >= 0.6 is 0 Å². The second-order valence-electron chi connectivity index (χ2n) is 5.63. The summed E-state index contributed by atoms with van der Waals surface area (Å²) in [6.45, 7) is 1.99. The topological polar surface area (TPSA) is 70.9 Å². The number of hydrogen-bond acceptors (Lipinski definition) is 4. The fourth-order valence-corrected chi connectivity index (χ4v) is 3.30. The summed E-state index contributed by atoms with van der Waals surface area (Å²) in [4.78, 5) is 2.20. The highest BCUT2D eigenvalue weighted by atomic mass is 15.4. The van der Waals surface area contributed by atoms with Gasteiger partial charge in [0.1, 0.15) is 17.5 Å². The predicted octanol–water partition coefficient (Wildman–Crippen LogP) is 2.44. The Morgan fingerprint density at radius 2 is 1.79 bits per heavy atom. The quantitative estimate of drug-likeness (QED) is 0.885. The van der Waals surface area contributed by atoms with E-state index in [1.54, 1.807) is 0 Å². The van der Waals surface area contributed by atoms with E-state index in [9.17, 15) is 5.26 Å². The standard InChI is InChI=1S/C14H21N5/c15-10-12-13(16)19(11-6-2-1-3-7-11)17-14(12)18-8-4-5-9-18/h11H,1-9,16H2. The van der Waals surface area contributed by atoms with Crippen molar-refractivity contribution in [2.45, 2.75) is 51.0 Å². The van der Waals surface area contributed by atoms with E-state index in [2.05, 4.69) is 16.1 Å². The third-order valence-corrected chi connectivity index (χ3v) is 4.37. The van der Waals surface area contributed by atoms with Crippen molar-refractivity contribution < 1.29 is 0 Å². The number of anilines is 2. The molecule has 1 aromatic rings. The number of hydrogen-bond donors (Lipinski definition) is 1. The summed E-state index contributed by atoms with van der Waals surface area (Å²) in [5.41, 5.74) is 6.74. The average molecular weight is 259 g/mol. The fraction of sp³-hybridized carbons (Fsp3) is 0.714. The molecule has 5 heteroatoms. The van der Waals surface area contributed by atoms with Gasteiger partial charge in [-0.1, -0.05) is 19.3 Å². The van der Waals surface area contributed by atoms with Crippen molar-refractivity contribution >= 4 is 11.6 Å². The number of nitriles is 1. The highest BCUT2D eigenvalue weighted by Crippen LogP contribution is 2.34. The predicted molar refractivity (Wildman–Crippen MR) is 74.9 cm³/mol. The van der Waals surface area contributed by atoms with Crippen LogP contribution in [0.15, 0.2) is 0 Å². The Bertz CT molecular complexity index is 487. The van der Waals surface area contributed by atoms with Gasteiger partial charge in [0.05, 0.1) is 6.04 Å². The lowest BCUT2D eigenvalue weighted by Crippen LogP contribution is -2.20. The van der Waals surface area contributed by atoms with E-state index in [0.717, 1.165) is 31.7 Å². The van der Waals surface area contributed by atoms with E-state index in [1.807, 2.05) is 4.68 Å². The second-order valence-corrected chi connectivity index (χ2v) is 5.63. The van der Waals surface area contributed by atoms with E-state index < -0.39 is 0 Å². The maximum absolute atomic E-state index is 9.36. The van der Waals surface area contributed by atoms with Crippen molar-refractivity contribution in [3.8, 4) is 6.07 Å². The maximum Gasteiger partial charge on any atom is 0.170 e. The van der Waals surface area contributed by atoms with E-state index in [-0.39, 0.29) is 0 Å². The Morgan fingerprint density at radius 1 is 1.11 bits per heavy atom. The van der Waals surface area contributed by atoms with Crippen LogP contribution in [0.1, 0.15) is 56.6 Å². The summed E-state index contributed by atoms with van der Waals surface area (Å²) in [6.07, 6.45) is 8.42. The molecule has 102 valence electrons. The van der Waals surface area contributed by atoms with Gasteiger partial charge in [-0.3, -0.25) is 0 Å². The Kier molecular flexibility index (Phi) is 3.33. The van der Waals surface area contributed by atoms with E-state index in [1.165, 1.54) is 32.1 Å². The molecule has 0 amide bonds. The van der Waals surface area contributed by atoms with Crippen LogP contribution in [0.2, 0.25) is 0 Å². The molecule has 0 atom stereocenters. The SMILES string of the molecule is N#Cc1c(N2CCCC2)nn(C2CCCCC2)c1N. The molecule has 2 N–H and O–H groups in total. The van der Waals surface area contributed by atoms with Crippen LogP contribution in [-0.2, 0) is 0 Å². The minimum atomic E-state index is 0.386. The Labute approximate surface area is 114 Å². The first kappa shape index (κ1) is 12.3. The van der Waals surface area contributed by atoms with E-state index in [4.69, 9.17) is 5.73 Å². The molecule has 0 bridgehead atoms. The van der Waals surface area contributed by atoms with Gasteiger partial charge in [-0.2, -0.15) is 10.4 Å². The number of nitrogen functional groups attached to an aromatic ring is 1. The Morgan fingerprint density at radius 3 is 2.42 bits per heavy atom. The summed E-state index contributed by atoms with van der Waals surface area (Å²) < 4.78 is 1.92. The van der Waals surface area contributed by atoms with Gasteiger partial charge < -0.3 is 10.6 Å². The third kappa shape index (κ3) is 2.16. The number of nitrogens with zero attached hydrogens (tertiary/aromatic N) is 4. The van der Waals surface area contributed by atoms with Crippen molar-refractivity contribution in [1.29, 1.82) is 5.26 Å². The number of nitrogens with two attached hydrogens (primary N) is 1. The Balaban J connectivity index is 1.94. The molecule has 2 fully saturated rings. The summed E-state index contributed by atoms with van der Waals surface area (Å²) in [6, 6.07) is 2.64. The van der Waals surface area contributed by atoms with Crippen molar-refractivity contribution in [2.75, 3.05) is 23.7 Å². The molecule has 1 saturated carbocycles. The molecule has 1 aromatic heterocycles. The van der Waals surface area contributed by atoms with Crippen LogP contribution in [0.3, 0.4) is 0 Å². The first-order chi connectivity index (χ1) is 9.31. The van der Waals surface area contributed by atoms with Gasteiger partial charge in [0.15, 0.2) is 5.82 Å². The van der Waals surface area contributed by atoms with Gasteiger partial charge in [-0.05, 0) is 25.7 Å². The van der Waals surface area contributed by atoms with Gasteiger partial charge in [0.25, 0.3) is 0 Å². The highest BCUT2D eigenvalue weighted by Gasteiger charge is 2.26. The minimum Gasteiger partial charge on any atom is -0.383 e. The zero-order valence-electron chi connectivity index (χ0n) is 11.3. The van der Waals surface area contributed by atoms with Gasteiger partial charge in [-0.15, -0.1) is 0 Å². The van der Waals surface area contributed by atoms with Crippen LogP contribution in [0.4, 0.5) is 11.6 Å². The van der Waals surface area contributed by atoms with Crippen molar-refractivity contribution in [3.05, 3.63) is 5.56 Å². The molecule has 0 radical (unpaired) electrons. The minimum absolute atomic E-state index is 0.386. The smallest absolute Gasteiger partial charge is 0.170 e. The van der Waals surface area contributed by atoms with E-state index >= 15 is 0 Å². The fourth-order valence-electron chi connectivity index (χ4n) is 3.30. The molecule has 1 aliphatic carbocycles. The lowest BCUT2D eigenvalue weighted by molar-refractivity contribution is 0.333. The average Bonchev–Trinajstić information content (AvgIpc) is 3.07. The van der Waals surface area contributed by atoms with Crippen molar-refractivity contribution in [1.82, 2.24) is 9.78 Å². The van der Waals surface area contributed by atoms with Gasteiger partial charge in [-0.25, -0.2) is 4.68 Å². The largest absolute Gasteiger partial charge is 0.383 e. The molecular weight excluding hydrogens is 238 g/mol. The molecule has 5 nitrogen and oxygen atoms in total. The van der Waals surface area contributed by atoms with Crippen LogP contribution < -0.4 is 10.6 Å². The third-order valence-electron chi connectivity index (χ3n) is 4.37. The molecule has 2 aliphatic rings. The second kappa shape index (κ2) is 5.12.